The van der Waals surface area contributed by atoms with Crippen molar-refractivity contribution in [3.63, 3.8) is 0 Å². The second kappa shape index (κ2) is 6.92. The third-order valence-corrected chi connectivity index (χ3v) is 2.30. The van der Waals surface area contributed by atoms with Crippen molar-refractivity contribution in [2.24, 2.45) is 5.73 Å². The molecule has 0 bridgehead atoms. The fourth-order valence-electron chi connectivity index (χ4n) is 0.994. The lowest BCUT2D eigenvalue weighted by molar-refractivity contribution is -0.141. The van der Waals surface area contributed by atoms with E-state index in [9.17, 15) is 14.4 Å². The van der Waals surface area contributed by atoms with E-state index in [-0.39, 0.29) is 0 Å². The van der Waals surface area contributed by atoms with E-state index >= 15 is 0 Å². The third-order valence-electron chi connectivity index (χ3n) is 2.30. The van der Waals surface area contributed by atoms with Crippen LogP contribution >= 0.6 is 0 Å². The van der Waals surface area contributed by atoms with Crippen molar-refractivity contribution in [2.75, 3.05) is 0 Å². The molecule has 0 aromatic carbocycles. The van der Waals surface area contributed by atoms with Crippen LogP contribution in [0.2, 0.25) is 0 Å². The van der Waals surface area contributed by atoms with E-state index in [4.69, 9.17) is 15.9 Å². The maximum atomic E-state index is 11.5. The molecule has 0 aliphatic rings. The summed E-state index contributed by atoms with van der Waals surface area (Å²) in [6, 6.07) is -3.14. The molecular formula is C10H19N3O5. The smallest absolute Gasteiger partial charge is 0.325 e. The van der Waals surface area contributed by atoms with Crippen LogP contribution in [0, 0.1) is 0 Å². The topological polar surface area (TPSA) is 142 Å². The van der Waals surface area contributed by atoms with Crippen molar-refractivity contribution in [2.45, 2.75) is 45.0 Å². The first kappa shape index (κ1) is 16.3. The third kappa shape index (κ3) is 5.11. The van der Waals surface area contributed by atoms with Gasteiger partial charge in [0.15, 0.2) is 0 Å². The highest BCUT2D eigenvalue weighted by Crippen LogP contribution is 1.92. The summed E-state index contributed by atoms with van der Waals surface area (Å²) in [6.07, 6.45) is -1.04. The zero-order valence-corrected chi connectivity index (χ0v) is 10.5. The second-order valence-corrected chi connectivity index (χ2v) is 4.07. The summed E-state index contributed by atoms with van der Waals surface area (Å²) in [5.41, 5.74) is 5.37. The molecule has 0 saturated carbocycles. The van der Waals surface area contributed by atoms with Crippen LogP contribution in [0.1, 0.15) is 20.8 Å². The Balaban J connectivity index is 4.32. The van der Waals surface area contributed by atoms with Gasteiger partial charge in [-0.1, -0.05) is 0 Å². The first-order valence-electron chi connectivity index (χ1n) is 5.44. The average Bonchev–Trinajstić information content (AvgIpc) is 2.26. The van der Waals surface area contributed by atoms with Gasteiger partial charge in [0.25, 0.3) is 0 Å². The Kier molecular flexibility index (Phi) is 6.28. The summed E-state index contributed by atoms with van der Waals surface area (Å²) in [7, 11) is 0. The number of aliphatic carboxylic acids is 1. The number of carbonyl (C=O) groups excluding carboxylic acids is 2. The summed E-state index contributed by atoms with van der Waals surface area (Å²) in [4.78, 5) is 33.4. The molecule has 0 aliphatic heterocycles. The van der Waals surface area contributed by atoms with E-state index < -0.39 is 42.0 Å². The number of carboxylic acids is 1. The largest absolute Gasteiger partial charge is 0.480 e. The van der Waals surface area contributed by atoms with Crippen LogP contribution < -0.4 is 16.4 Å². The average molecular weight is 261 g/mol. The van der Waals surface area contributed by atoms with Gasteiger partial charge < -0.3 is 26.6 Å². The predicted molar refractivity (Wildman–Crippen MR) is 62.5 cm³/mol. The van der Waals surface area contributed by atoms with Gasteiger partial charge in [-0.25, -0.2) is 0 Å². The highest BCUT2D eigenvalue weighted by atomic mass is 16.4. The summed E-state index contributed by atoms with van der Waals surface area (Å²) in [5, 5.41) is 22.2. The van der Waals surface area contributed by atoms with Crippen LogP contribution in [0.4, 0.5) is 0 Å². The van der Waals surface area contributed by atoms with Gasteiger partial charge in [-0.3, -0.25) is 14.4 Å². The molecular weight excluding hydrogens is 242 g/mol. The lowest BCUT2D eigenvalue weighted by Crippen LogP contribution is -2.54. The summed E-state index contributed by atoms with van der Waals surface area (Å²) in [6.45, 7) is 4.04. The first-order chi connectivity index (χ1) is 8.16. The normalized spacial score (nSPS) is 17.2. The number of nitrogens with one attached hydrogen (secondary N) is 2. The number of amides is 2. The van der Waals surface area contributed by atoms with Crippen molar-refractivity contribution >= 4 is 17.8 Å². The molecule has 8 nitrogen and oxygen atoms in total. The van der Waals surface area contributed by atoms with Gasteiger partial charge in [-0.05, 0) is 20.8 Å². The number of aliphatic hydroxyl groups is 1. The predicted octanol–water partition coefficient (Wildman–Crippen LogP) is -2.21. The minimum Gasteiger partial charge on any atom is -0.480 e. The fourth-order valence-corrected chi connectivity index (χ4v) is 0.994. The van der Waals surface area contributed by atoms with Crippen LogP contribution in [-0.2, 0) is 14.4 Å². The quantitative estimate of drug-likeness (QED) is 0.367. The highest BCUT2D eigenvalue weighted by Gasteiger charge is 2.24. The molecule has 0 heterocycles. The van der Waals surface area contributed by atoms with E-state index in [0.717, 1.165) is 0 Å². The number of hydrogen-bond donors (Lipinski definition) is 5. The molecule has 4 atom stereocenters. The SMILES string of the molecule is C[C@H](NC(=O)[C@H](C)NC(=O)[C@@H](N)[C@@H](C)O)C(=O)O. The minimum absolute atomic E-state index is 0.643. The molecule has 18 heavy (non-hydrogen) atoms. The van der Waals surface area contributed by atoms with Crippen LogP contribution in [0.25, 0.3) is 0 Å². The summed E-state index contributed by atoms with van der Waals surface area (Å²) >= 11 is 0. The zero-order chi connectivity index (χ0) is 14.5. The van der Waals surface area contributed by atoms with Crippen molar-refractivity contribution in [3.8, 4) is 0 Å². The molecule has 0 aromatic heterocycles. The van der Waals surface area contributed by atoms with Crippen molar-refractivity contribution in [1.82, 2.24) is 10.6 Å². The van der Waals surface area contributed by atoms with Gasteiger partial charge in [0, 0.05) is 0 Å². The molecule has 0 spiro atoms. The molecule has 0 unspecified atom stereocenters. The summed E-state index contributed by atoms with van der Waals surface area (Å²) < 4.78 is 0. The number of rotatable bonds is 6. The molecule has 0 radical (unpaired) electrons. The number of hydrogen-bond acceptors (Lipinski definition) is 5. The van der Waals surface area contributed by atoms with E-state index in [1.165, 1.54) is 20.8 Å². The van der Waals surface area contributed by atoms with E-state index in [1.807, 2.05) is 0 Å². The number of aliphatic hydroxyl groups excluding tert-OH is 1. The van der Waals surface area contributed by atoms with Crippen LogP contribution in [0.15, 0.2) is 0 Å². The monoisotopic (exact) mass is 261 g/mol. The van der Waals surface area contributed by atoms with Gasteiger partial charge in [-0.15, -0.1) is 0 Å². The molecule has 0 saturated heterocycles. The lowest BCUT2D eigenvalue weighted by Gasteiger charge is -2.19. The molecule has 0 fully saturated rings. The Morgan fingerprint density at radius 3 is 1.83 bits per heavy atom. The minimum atomic E-state index is -1.18. The van der Waals surface area contributed by atoms with E-state index in [2.05, 4.69) is 10.6 Å². The Morgan fingerprint density at radius 2 is 1.44 bits per heavy atom. The Labute approximate surface area is 105 Å². The molecule has 0 aromatic rings. The van der Waals surface area contributed by atoms with Crippen LogP contribution in [-0.4, -0.2) is 52.2 Å². The number of nitrogens with two attached hydrogens (primary N) is 1. The van der Waals surface area contributed by atoms with Crippen molar-refractivity contribution < 1.29 is 24.6 Å². The molecule has 104 valence electrons. The number of carboxylic acid groups (broad SMARTS) is 1. The maximum absolute atomic E-state index is 11.5. The Morgan fingerprint density at radius 1 is 1.00 bits per heavy atom. The highest BCUT2D eigenvalue weighted by molar-refractivity contribution is 5.91. The Bertz CT molecular complexity index is 331. The molecule has 0 aliphatic carbocycles. The van der Waals surface area contributed by atoms with Crippen molar-refractivity contribution in [3.05, 3.63) is 0 Å². The molecule has 0 rings (SSSR count). The lowest BCUT2D eigenvalue weighted by atomic mass is 10.1. The first-order valence-corrected chi connectivity index (χ1v) is 5.44. The summed E-state index contributed by atoms with van der Waals surface area (Å²) in [5.74, 6) is -2.51. The fraction of sp³-hybridized carbons (Fsp3) is 0.700. The van der Waals surface area contributed by atoms with E-state index in [1.54, 1.807) is 0 Å². The van der Waals surface area contributed by atoms with Gasteiger partial charge in [0.1, 0.15) is 18.1 Å². The van der Waals surface area contributed by atoms with Gasteiger partial charge in [-0.2, -0.15) is 0 Å². The molecule has 8 heteroatoms. The zero-order valence-electron chi connectivity index (χ0n) is 10.5. The second-order valence-electron chi connectivity index (χ2n) is 4.07. The van der Waals surface area contributed by atoms with Crippen LogP contribution in [0.3, 0.4) is 0 Å². The number of carbonyl (C=O) groups is 3. The van der Waals surface area contributed by atoms with Crippen LogP contribution in [0.5, 0.6) is 0 Å². The maximum Gasteiger partial charge on any atom is 0.325 e. The van der Waals surface area contributed by atoms with Gasteiger partial charge in [0.05, 0.1) is 6.10 Å². The van der Waals surface area contributed by atoms with Gasteiger partial charge in [0.2, 0.25) is 11.8 Å². The van der Waals surface area contributed by atoms with Crippen molar-refractivity contribution in [1.29, 1.82) is 0 Å². The molecule has 6 N–H and O–H groups in total. The molecule has 2 amide bonds. The van der Waals surface area contributed by atoms with E-state index in [0.29, 0.717) is 0 Å². The standard InChI is InChI=1S/C10H19N3O5/c1-4(8(15)13-5(2)10(17)18)12-9(16)7(11)6(3)14/h4-7,14H,11H2,1-3H3,(H,12,16)(H,13,15)(H,17,18)/t4-,5-,6+,7-/m0/s1. The Hall–Kier alpha value is -1.67. The van der Waals surface area contributed by atoms with Gasteiger partial charge >= 0.3 is 5.97 Å².